The Kier molecular flexibility index (Phi) is 3.95. The van der Waals surface area contributed by atoms with E-state index in [-0.39, 0.29) is 5.55 Å². The van der Waals surface area contributed by atoms with E-state index in [1.807, 2.05) is 53.9 Å². The maximum absolute atomic E-state index is 9.39. The molecule has 25 heavy (non-hydrogen) atoms. The first-order chi connectivity index (χ1) is 12.3. The standard InChI is InChI=1S/C19H14N2O3S/c1-23-16-9-5-8-13-10-14(18(21-22)24-17(13)16)19-20-15(11-25-19)12-6-3-2-4-7-12/h2-11,22H,1H3/b21-18-. The fourth-order valence-electron chi connectivity index (χ4n) is 2.65. The number of methoxy groups -OCH3 is 1. The smallest absolute Gasteiger partial charge is 0.266 e. The molecule has 0 aliphatic rings. The van der Waals surface area contributed by atoms with Gasteiger partial charge in [-0.2, -0.15) is 0 Å². The zero-order chi connectivity index (χ0) is 17.2. The maximum atomic E-state index is 9.39. The van der Waals surface area contributed by atoms with Crippen LogP contribution in [0.3, 0.4) is 0 Å². The van der Waals surface area contributed by atoms with E-state index in [9.17, 15) is 5.21 Å². The third-order valence-electron chi connectivity index (χ3n) is 3.85. The van der Waals surface area contributed by atoms with Gasteiger partial charge in [-0.15, -0.1) is 11.3 Å². The Morgan fingerprint density at radius 1 is 1.12 bits per heavy atom. The molecule has 0 saturated carbocycles. The van der Waals surface area contributed by atoms with E-state index >= 15 is 0 Å². The number of rotatable bonds is 3. The van der Waals surface area contributed by atoms with Crippen LogP contribution in [0.15, 0.2) is 69.6 Å². The summed E-state index contributed by atoms with van der Waals surface area (Å²) < 4.78 is 11.1. The predicted octanol–water partition coefficient (Wildman–Crippen LogP) is 4.52. The number of nitrogens with zero attached hydrogens (tertiary/aromatic N) is 2. The van der Waals surface area contributed by atoms with E-state index in [2.05, 4.69) is 10.1 Å². The summed E-state index contributed by atoms with van der Waals surface area (Å²) in [4.78, 5) is 4.66. The van der Waals surface area contributed by atoms with Crippen molar-refractivity contribution in [3.05, 3.63) is 65.5 Å². The molecule has 0 aliphatic carbocycles. The summed E-state index contributed by atoms with van der Waals surface area (Å²) in [5, 5.41) is 16.2. The van der Waals surface area contributed by atoms with Crippen LogP contribution in [0.1, 0.15) is 0 Å². The lowest BCUT2D eigenvalue weighted by Gasteiger charge is -2.05. The first-order valence-electron chi connectivity index (χ1n) is 7.60. The van der Waals surface area contributed by atoms with Gasteiger partial charge in [0.25, 0.3) is 5.55 Å². The molecule has 124 valence electrons. The van der Waals surface area contributed by atoms with Crippen molar-refractivity contribution >= 4 is 22.3 Å². The molecule has 0 spiro atoms. The van der Waals surface area contributed by atoms with Crippen LogP contribution in [0.4, 0.5) is 0 Å². The zero-order valence-corrected chi connectivity index (χ0v) is 14.2. The SMILES string of the molecule is COc1cccc2cc(-c3nc(-c4ccccc4)cs3)/c(=N/O)oc12. The Morgan fingerprint density at radius 3 is 2.72 bits per heavy atom. The van der Waals surface area contributed by atoms with Gasteiger partial charge in [-0.3, -0.25) is 0 Å². The summed E-state index contributed by atoms with van der Waals surface area (Å²) in [5.74, 6) is 0.582. The molecule has 5 nitrogen and oxygen atoms in total. The first-order valence-corrected chi connectivity index (χ1v) is 8.48. The average Bonchev–Trinajstić information content (AvgIpc) is 3.17. The van der Waals surface area contributed by atoms with E-state index in [0.717, 1.165) is 21.7 Å². The molecule has 0 fully saturated rings. The van der Waals surface area contributed by atoms with Crippen LogP contribution >= 0.6 is 11.3 Å². The normalized spacial score (nSPS) is 11.8. The highest BCUT2D eigenvalue weighted by Gasteiger charge is 2.14. The molecule has 0 amide bonds. The minimum Gasteiger partial charge on any atom is -0.493 e. The third kappa shape index (κ3) is 2.77. The highest BCUT2D eigenvalue weighted by Crippen LogP contribution is 2.31. The van der Waals surface area contributed by atoms with Gasteiger partial charge < -0.3 is 14.4 Å². The van der Waals surface area contributed by atoms with Crippen LogP contribution in [0, 0.1) is 0 Å². The van der Waals surface area contributed by atoms with Gasteiger partial charge in [-0.1, -0.05) is 42.5 Å². The van der Waals surface area contributed by atoms with Crippen molar-refractivity contribution in [3.8, 4) is 27.6 Å². The lowest BCUT2D eigenvalue weighted by molar-refractivity contribution is 0.276. The molecule has 0 atom stereocenters. The van der Waals surface area contributed by atoms with Gasteiger partial charge in [0.05, 0.1) is 18.4 Å². The zero-order valence-electron chi connectivity index (χ0n) is 13.3. The van der Waals surface area contributed by atoms with E-state index in [0.29, 0.717) is 16.9 Å². The summed E-state index contributed by atoms with van der Waals surface area (Å²) in [6, 6.07) is 17.4. The summed E-state index contributed by atoms with van der Waals surface area (Å²) in [5.41, 5.74) is 3.17. The van der Waals surface area contributed by atoms with Crippen molar-refractivity contribution in [2.75, 3.05) is 7.11 Å². The Hall–Kier alpha value is -3.12. The molecule has 0 saturated heterocycles. The number of ether oxygens (including phenoxy) is 1. The van der Waals surface area contributed by atoms with Gasteiger partial charge >= 0.3 is 0 Å². The molecule has 2 heterocycles. The average molecular weight is 350 g/mol. The molecule has 0 bridgehead atoms. The number of benzene rings is 2. The van der Waals surface area contributed by atoms with Gasteiger partial charge in [0, 0.05) is 16.3 Å². The summed E-state index contributed by atoms with van der Waals surface area (Å²) in [7, 11) is 1.57. The first kappa shape index (κ1) is 15.4. The molecule has 0 aliphatic heterocycles. The number of para-hydroxylation sites is 1. The highest BCUT2D eigenvalue weighted by molar-refractivity contribution is 7.13. The molecule has 4 aromatic rings. The molecule has 2 aromatic carbocycles. The van der Waals surface area contributed by atoms with Crippen LogP contribution < -0.4 is 10.3 Å². The topological polar surface area (TPSA) is 67.9 Å². The van der Waals surface area contributed by atoms with E-state index in [4.69, 9.17) is 9.15 Å². The number of aromatic nitrogens is 1. The fourth-order valence-corrected chi connectivity index (χ4v) is 3.49. The molecule has 1 N–H and O–H groups in total. The summed E-state index contributed by atoms with van der Waals surface area (Å²) in [6.45, 7) is 0. The quantitative estimate of drug-likeness (QED) is 0.436. The van der Waals surface area contributed by atoms with Crippen molar-refractivity contribution in [1.82, 2.24) is 4.98 Å². The van der Waals surface area contributed by atoms with Gasteiger partial charge in [0.1, 0.15) is 5.01 Å². The molecule has 0 radical (unpaired) electrons. The lowest BCUT2D eigenvalue weighted by Crippen LogP contribution is -2.06. The number of fused-ring (bicyclic) bond motifs is 1. The minimum absolute atomic E-state index is 0.103. The Balaban J connectivity index is 1.89. The highest BCUT2D eigenvalue weighted by atomic mass is 32.1. The van der Waals surface area contributed by atoms with Crippen molar-refractivity contribution in [1.29, 1.82) is 0 Å². The fraction of sp³-hybridized carbons (Fsp3) is 0.0526. The van der Waals surface area contributed by atoms with Crippen molar-refractivity contribution in [2.24, 2.45) is 5.16 Å². The van der Waals surface area contributed by atoms with Crippen molar-refractivity contribution in [2.45, 2.75) is 0 Å². The summed E-state index contributed by atoms with van der Waals surface area (Å²) in [6.07, 6.45) is 0. The second-order valence-corrected chi connectivity index (χ2v) is 6.21. The maximum Gasteiger partial charge on any atom is 0.266 e. The van der Waals surface area contributed by atoms with Crippen LogP contribution in [0.5, 0.6) is 5.75 Å². The second-order valence-electron chi connectivity index (χ2n) is 5.35. The summed E-state index contributed by atoms with van der Waals surface area (Å²) >= 11 is 1.47. The van der Waals surface area contributed by atoms with Crippen LogP contribution in [0.25, 0.3) is 32.8 Å². The van der Waals surface area contributed by atoms with Gasteiger partial charge in [0.15, 0.2) is 11.3 Å². The van der Waals surface area contributed by atoms with Gasteiger partial charge in [-0.05, 0) is 17.3 Å². The van der Waals surface area contributed by atoms with Crippen molar-refractivity contribution in [3.63, 3.8) is 0 Å². The second kappa shape index (κ2) is 6.41. The van der Waals surface area contributed by atoms with Gasteiger partial charge in [-0.25, -0.2) is 4.98 Å². The van der Waals surface area contributed by atoms with E-state index in [1.165, 1.54) is 11.3 Å². The van der Waals surface area contributed by atoms with E-state index < -0.39 is 0 Å². The Labute approximate surface area is 147 Å². The Morgan fingerprint density at radius 2 is 1.96 bits per heavy atom. The molecule has 4 rings (SSSR count). The molecule has 0 unspecified atom stereocenters. The Bertz CT molecular complexity index is 1100. The van der Waals surface area contributed by atoms with E-state index in [1.54, 1.807) is 13.2 Å². The molecule has 2 aromatic heterocycles. The molecular weight excluding hydrogens is 336 g/mol. The largest absolute Gasteiger partial charge is 0.493 e. The lowest BCUT2D eigenvalue weighted by atomic mass is 10.1. The number of hydrogen-bond acceptors (Lipinski definition) is 6. The van der Waals surface area contributed by atoms with Crippen LogP contribution in [0.2, 0.25) is 0 Å². The number of thiazole rings is 1. The van der Waals surface area contributed by atoms with Crippen LogP contribution in [-0.2, 0) is 0 Å². The molecule has 6 heteroatoms. The predicted molar refractivity (Wildman–Crippen MR) is 96.7 cm³/mol. The minimum atomic E-state index is 0.103. The molecular formula is C19H14N2O3S. The third-order valence-corrected chi connectivity index (χ3v) is 4.73. The van der Waals surface area contributed by atoms with Crippen molar-refractivity contribution < 1.29 is 14.4 Å². The van der Waals surface area contributed by atoms with Crippen LogP contribution in [-0.4, -0.2) is 17.3 Å². The van der Waals surface area contributed by atoms with Gasteiger partial charge in [0.2, 0.25) is 0 Å². The number of hydrogen-bond donors (Lipinski definition) is 1. The monoisotopic (exact) mass is 350 g/mol.